The lowest BCUT2D eigenvalue weighted by Gasteiger charge is -2.40. The van der Waals surface area contributed by atoms with E-state index < -0.39 is 0 Å². The molecule has 1 atom stereocenters. The number of aryl methyl sites for hydroxylation is 2. The third-order valence-corrected chi connectivity index (χ3v) is 7.28. The van der Waals surface area contributed by atoms with E-state index in [-0.39, 0.29) is 17.7 Å². The zero-order valence-corrected chi connectivity index (χ0v) is 21.9. The molecule has 1 saturated heterocycles. The van der Waals surface area contributed by atoms with Gasteiger partial charge in [0.25, 0.3) is 5.91 Å². The highest BCUT2D eigenvalue weighted by atomic mass is 16.5. The van der Waals surface area contributed by atoms with Crippen LogP contribution in [0, 0.1) is 12.8 Å². The molecule has 2 heterocycles. The summed E-state index contributed by atoms with van der Waals surface area (Å²) in [6.45, 7) is 6.87. The molecule has 36 heavy (non-hydrogen) atoms. The van der Waals surface area contributed by atoms with Crippen molar-refractivity contribution in [3.8, 4) is 11.5 Å². The predicted molar refractivity (Wildman–Crippen MR) is 141 cm³/mol. The van der Waals surface area contributed by atoms with Crippen LogP contribution in [0.5, 0.6) is 11.5 Å². The van der Waals surface area contributed by atoms with Gasteiger partial charge >= 0.3 is 0 Å². The van der Waals surface area contributed by atoms with Crippen molar-refractivity contribution < 1.29 is 14.6 Å². The number of piperidine rings is 1. The maximum Gasteiger partial charge on any atom is 0.272 e. The molecule has 1 aliphatic rings. The Morgan fingerprint density at radius 1 is 1.17 bits per heavy atom. The molecule has 1 unspecified atom stereocenters. The van der Waals surface area contributed by atoms with Gasteiger partial charge in [-0.05, 0) is 69.8 Å². The number of carbonyl (C=O) groups is 1. The SMILES string of the molecule is CCOc1cccc(CN2CCC(C(Cc3ccccc3)N(C)C(=O)c3cc(C)nn3C)CC2)c1O. The molecule has 1 N–H and O–H groups in total. The second-order valence-corrected chi connectivity index (χ2v) is 9.78. The topological polar surface area (TPSA) is 70.8 Å². The number of rotatable bonds is 9. The third kappa shape index (κ3) is 5.90. The molecule has 0 bridgehead atoms. The molecule has 1 fully saturated rings. The van der Waals surface area contributed by atoms with Crippen LogP contribution in [0.4, 0.5) is 0 Å². The number of benzene rings is 2. The number of aromatic hydroxyl groups is 1. The van der Waals surface area contributed by atoms with Crippen LogP contribution < -0.4 is 4.74 Å². The number of likely N-dealkylation sites (tertiary alicyclic amines) is 1. The Bertz CT molecular complexity index is 1150. The van der Waals surface area contributed by atoms with Crippen molar-refractivity contribution >= 4 is 5.91 Å². The number of amides is 1. The number of aromatic nitrogens is 2. The third-order valence-electron chi connectivity index (χ3n) is 7.28. The van der Waals surface area contributed by atoms with Crippen molar-refractivity contribution in [2.75, 3.05) is 26.7 Å². The zero-order chi connectivity index (χ0) is 25.7. The number of para-hydroxylation sites is 1. The van der Waals surface area contributed by atoms with Gasteiger partial charge in [-0.2, -0.15) is 5.10 Å². The van der Waals surface area contributed by atoms with E-state index in [0.717, 1.165) is 43.6 Å². The summed E-state index contributed by atoms with van der Waals surface area (Å²) in [5.74, 6) is 1.17. The fraction of sp³-hybridized carbons (Fsp3) is 0.448. The summed E-state index contributed by atoms with van der Waals surface area (Å²) in [4.78, 5) is 17.8. The molecule has 0 radical (unpaired) electrons. The molecule has 0 saturated carbocycles. The van der Waals surface area contributed by atoms with Gasteiger partial charge in [0.2, 0.25) is 0 Å². The van der Waals surface area contributed by atoms with Gasteiger partial charge < -0.3 is 14.7 Å². The van der Waals surface area contributed by atoms with Crippen LogP contribution >= 0.6 is 0 Å². The van der Waals surface area contributed by atoms with E-state index in [0.29, 0.717) is 30.5 Å². The van der Waals surface area contributed by atoms with E-state index in [1.54, 1.807) is 10.7 Å². The van der Waals surface area contributed by atoms with Gasteiger partial charge in [0.05, 0.1) is 12.3 Å². The van der Waals surface area contributed by atoms with E-state index in [9.17, 15) is 9.90 Å². The van der Waals surface area contributed by atoms with Crippen LogP contribution in [0.25, 0.3) is 0 Å². The van der Waals surface area contributed by atoms with Gasteiger partial charge in [0, 0.05) is 32.2 Å². The van der Waals surface area contributed by atoms with Crippen LogP contribution in [0.1, 0.15) is 47.1 Å². The highest BCUT2D eigenvalue weighted by molar-refractivity contribution is 5.92. The van der Waals surface area contributed by atoms with Crippen LogP contribution in [-0.2, 0) is 20.0 Å². The minimum atomic E-state index is 0.0131. The Kier molecular flexibility index (Phi) is 8.31. The largest absolute Gasteiger partial charge is 0.504 e. The van der Waals surface area contributed by atoms with Crippen LogP contribution in [0.2, 0.25) is 0 Å². The number of hydrogen-bond acceptors (Lipinski definition) is 5. The number of likely N-dealkylation sites (N-methyl/N-ethyl adjacent to an activating group) is 1. The molecule has 2 aromatic carbocycles. The van der Waals surface area contributed by atoms with Crippen molar-refractivity contribution in [3.63, 3.8) is 0 Å². The van der Waals surface area contributed by atoms with Gasteiger partial charge in [-0.1, -0.05) is 42.5 Å². The molecule has 4 rings (SSSR count). The van der Waals surface area contributed by atoms with Gasteiger partial charge in [-0.15, -0.1) is 0 Å². The standard InChI is InChI=1S/C29H38N4O3/c1-5-36-27-13-9-12-24(28(27)34)20-33-16-14-23(15-17-33)25(19-22-10-7-6-8-11-22)31(3)29(35)26-18-21(2)30-32(26)4/h6-13,18,23,25,34H,5,14-17,19-20H2,1-4H3. The maximum absolute atomic E-state index is 13.5. The van der Waals surface area contributed by atoms with Crippen molar-refractivity contribution in [2.45, 2.75) is 45.7 Å². The normalized spacial score (nSPS) is 15.6. The van der Waals surface area contributed by atoms with Crippen LogP contribution in [-0.4, -0.2) is 63.4 Å². The molecule has 0 spiro atoms. The van der Waals surface area contributed by atoms with E-state index in [2.05, 4.69) is 34.3 Å². The maximum atomic E-state index is 13.5. The molecule has 7 nitrogen and oxygen atoms in total. The summed E-state index contributed by atoms with van der Waals surface area (Å²) in [5.41, 5.74) is 3.59. The predicted octanol–water partition coefficient (Wildman–Crippen LogP) is 4.43. The van der Waals surface area contributed by atoms with E-state index in [1.165, 1.54) is 5.56 Å². The lowest BCUT2D eigenvalue weighted by molar-refractivity contribution is 0.0574. The van der Waals surface area contributed by atoms with Gasteiger partial charge in [0.15, 0.2) is 11.5 Å². The minimum Gasteiger partial charge on any atom is -0.504 e. The molecule has 3 aromatic rings. The average molecular weight is 491 g/mol. The zero-order valence-electron chi connectivity index (χ0n) is 21.9. The highest BCUT2D eigenvalue weighted by Crippen LogP contribution is 2.33. The molecule has 1 amide bonds. The highest BCUT2D eigenvalue weighted by Gasteiger charge is 2.33. The average Bonchev–Trinajstić information content (AvgIpc) is 3.23. The Hall–Kier alpha value is -3.32. The van der Waals surface area contributed by atoms with E-state index in [4.69, 9.17) is 4.74 Å². The monoisotopic (exact) mass is 490 g/mol. The molecule has 192 valence electrons. The number of ether oxygens (including phenoxy) is 1. The number of nitrogens with zero attached hydrogens (tertiary/aromatic N) is 4. The number of phenols is 1. The van der Waals surface area contributed by atoms with E-state index in [1.807, 2.05) is 57.1 Å². The molecular formula is C29H38N4O3. The molecule has 7 heteroatoms. The van der Waals surface area contributed by atoms with Crippen molar-refractivity contribution in [1.82, 2.24) is 19.6 Å². The molecule has 1 aromatic heterocycles. The first kappa shape index (κ1) is 25.8. The van der Waals surface area contributed by atoms with Crippen LogP contribution in [0.15, 0.2) is 54.6 Å². The quantitative estimate of drug-likeness (QED) is 0.481. The smallest absolute Gasteiger partial charge is 0.272 e. The summed E-state index contributed by atoms with van der Waals surface area (Å²) < 4.78 is 7.23. The molecule has 0 aliphatic carbocycles. The summed E-state index contributed by atoms with van der Waals surface area (Å²) >= 11 is 0. The number of hydrogen-bond donors (Lipinski definition) is 1. The van der Waals surface area contributed by atoms with Gasteiger partial charge in [-0.3, -0.25) is 14.4 Å². The van der Waals surface area contributed by atoms with Crippen molar-refractivity contribution in [1.29, 1.82) is 0 Å². The summed E-state index contributed by atoms with van der Waals surface area (Å²) in [6, 6.07) is 18.1. The first-order chi connectivity index (χ1) is 17.4. The molecule has 1 aliphatic heterocycles. The Morgan fingerprint density at radius 2 is 1.89 bits per heavy atom. The number of carbonyl (C=O) groups excluding carboxylic acids is 1. The van der Waals surface area contributed by atoms with Crippen LogP contribution in [0.3, 0.4) is 0 Å². The molecular weight excluding hydrogens is 452 g/mol. The summed E-state index contributed by atoms with van der Waals surface area (Å²) in [6.07, 6.45) is 2.80. The Labute approximate surface area is 214 Å². The van der Waals surface area contributed by atoms with Gasteiger partial charge in [0.1, 0.15) is 5.69 Å². The first-order valence-corrected chi connectivity index (χ1v) is 12.8. The lowest BCUT2D eigenvalue weighted by Crippen LogP contribution is -2.47. The lowest BCUT2D eigenvalue weighted by atomic mass is 9.84. The first-order valence-electron chi connectivity index (χ1n) is 12.8. The fourth-order valence-electron chi connectivity index (χ4n) is 5.32. The Balaban J connectivity index is 1.47. The fourth-order valence-corrected chi connectivity index (χ4v) is 5.32. The Morgan fingerprint density at radius 3 is 2.53 bits per heavy atom. The minimum absolute atomic E-state index is 0.0131. The second-order valence-electron chi connectivity index (χ2n) is 9.78. The second kappa shape index (κ2) is 11.6. The van der Waals surface area contributed by atoms with Gasteiger partial charge in [-0.25, -0.2) is 0 Å². The summed E-state index contributed by atoms with van der Waals surface area (Å²) in [7, 11) is 3.76. The number of phenolic OH excluding ortho intramolecular Hbond substituents is 1. The van der Waals surface area contributed by atoms with Crippen molar-refractivity contribution in [2.24, 2.45) is 13.0 Å². The summed E-state index contributed by atoms with van der Waals surface area (Å²) in [5, 5.41) is 15.0. The van der Waals surface area contributed by atoms with E-state index >= 15 is 0 Å². The van der Waals surface area contributed by atoms with Crippen molar-refractivity contribution in [3.05, 3.63) is 77.1 Å².